The van der Waals surface area contributed by atoms with Gasteiger partial charge in [-0.3, -0.25) is 4.90 Å². The van der Waals surface area contributed by atoms with E-state index >= 15 is 0 Å². The molecule has 27 heavy (non-hydrogen) atoms. The summed E-state index contributed by atoms with van der Waals surface area (Å²) in [6.07, 6.45) is 7.55. The first-order valence-electron chi connectivity index (χ1n) is 10.1. The van der Waals surface area contributed by atoms with E-state index in [4.69, 9.17) is 14.2 Å². The number of morpholine rings is 1. The molecule has 2 atom stereocenters. The molecule has 1 saturated heterocycles. The van der Waals surface area contributed by atoms with Crippen LogP contribution in [0.3, 0.4) is 0 Å². The summed E-state index contributed by atoms with van der Waals surface area (Å²) in [6.45, 7) is 5.04. The van der Waals surface area contributed by atoms with Crippen LogP contribution in [0.25, 0.3) is 0 Å². The van der Waals surface area contributed by atoms with Gasteiger partial charge in [0.15, 0.2) is 11.5 Å². The van der Waals surface area contributed by atoms with Gasteiger partial charge in [-0.15, -0.1) is 12.4 Å². The monoisotopic (exact) mass is 398 g/mol. The third-order valence-corrected chi connectivity index (χ3v) is 5.74. The van der Waals surface area contributed by atoms with Crippen molar-refractivity contribution in [2.24, 2.45) is 0 Å². The second-order valence-corrected chi connectivity index (χ2v) is 7.35. The third kappa shape index (κ3) is 6.24. The summed E-state index contributed by atoms with van der Waals surface area (Å²) in [5, 5.41) is 3.85. The minimum atomic E-state index is 0. The summed E-state index contributed by atoms with van der Waals surface area (Å²) in [5.41, 5.74) is 1.30. The van der Waals surface area contributed by atoms with Crippen molar-refractivity contribution in [2.45, 2.75) is 50.6 Å². The van der Waals surface area contributed by atoms with Crippen LogP contribution in [0.4, 0.5) is 0 Å². The molecule has 0 bridgehead atoms. The second kappa shape index (κ2) is 11.7. The molecule has 2 aliphatic rings. The molecule has 1 aromatic rings. The molecule has 6 heteroatoms. The van der Waals surface area contributed by atoms with Crippen molar-refractivity contribution in [1.82, 2.24) is 10.2 Å². The van der Waals surface area contributed by atoms with Gasteiger partial charge in [0.25, 0.3) is 0 Å². The molecule has 2 unspecified atom stereocenters. The first-order valence-corrected chi connectivity index (χ1v) is 10.1. The number of ether oxygens (including phenoxy) is 3. The number of benzene rings is 1. The SMILES string of the molecule is COc1ccc(CCCNC2CCCCC2N2CCOCC2)cc1OC.Cl. The van der Waals surface area contributed by atoms with Crippen molar-refractivity contribution in [3.05, 3.63) is 23.8 Å². The van der Waals surface area contributed by atoms with E-state index in [1.54, 1.807) is 14.2 Å². The van der Waals surface area contributed by atoms with Crippen molar-refractivity contribution in [3.63, 3.8) is 0 Å². The number of rotatable bonds is 8. The molecule has 1 heterocycles. The summed E-state index contributed by atoms with van der Waals surface area (Å²) in [7, 11) is 3.37. The van der Waals surface area contributed by atoms with Gasteiger partial charge < -0.3 is 19.5 Å². The van der Waals surface area contributed by atoms with Crippen LogP contribution in [0.1, 0.15) is 37.7 Å². The van der Waals surface area contributed by atoms with Crippen molar-refractivity contribution in [1.29, 1.82) is 0 Å². The maximum atomic E-state index is 5.53. The molecule has 2 fully saturated rings. The smallest absolute Gasteiger partial charge is 0.160 e. The molecule has 0 spiro atoms. The fourth-order valence-corrected chi connectivity index (χ4v) is 4.31. The third-order valence-electron chi connectivity index (χ3n) is 5.74. The van der Waals surface area contributed by atoms with Gasteiger partial charge in [0.2, 0.25) is 0 Å². The number of halogens is 1. The standard InChI is InChI=1S/C21H34N2O3.ClH/c1-24-20-10-9-17(16-21(20)25-2)6-5-11-22-18-7-3-4-8-19(18)23-12-14-26-15-13-23;/h9-10,16,18-19,22H,3-8,11-15H2,1-2H3;1H. The molecule has 0 aromatic heterocycles. The van der Waals surface area contributed by atoms with E-state index in [0.29, 0.717) is 12.1 Å². The van der Waals surface area contributed by atoms with Crippen LogP contribution in [0.2, 0.25) is 0 Å². The van der Waals surface area contributed by atoms with Gasteiger partial charge in [-0.2, -0.15) is 0 Å². The molecule has 1 saturated carbocycles. The molecule has 154 valence electrons. The number of hydrogen-bond acceptors (Lipinski definition) is 5. The Hall–Kier alpha value is -1.01. The Labute approximate surface area is 170 Å². The van der Waals surface area contributed by atoms with Crippen LogP contribution in [0.15, 0.2) is 18.2 Å². The Bertz CT molecular complexity index is 552. The summed E-state index contributed by atoms with van der Waals surface area (Å²) in [5.74, 6) is 1.61. The van der Waals surface area contributed by atoms with E-state index in [2.05, 4.69) is 22.3 Å². The van der Waals surface area contributed by atoms with Crippen LogP contribution < -0.4 is 14.8 Å². The normalized spacial score (nSPS) is 23.5. The molecule has 3 rings (SSSR count). The molecular formula is C21H35ClN2O3. The van der Waals surface area contributed by atoms with Crippen LogP contribution in [0.5, 0.6) is 11.5 Å². The second-order valence-electron chi connectivity index (χ2n) is 7.35. The zero-order chi connectivity index (χ0) is 18.2. The maximum absolute atomic E-state index is 5.53. The van der Waals surface area contributed by atoms with Gasteiger partial charge in [0, 0.05) is 25.2 Å². The minimum Gasteiger partial charge on any atom is -0.493 e. The molecule has 1 N–H and O–H groups in total. The highest BCUT2D eigenvalue weighted by molar-refractivity contribution is 5.85. The lowest BCUT2D eigenvalue weighted by atomic mass is 9.88. The Morgan fingerprint density at radius 1 is 1.07 bits per heavy atom. The highest BCUT2D eigenvalue weighted by Gasteiger charge is 2.30. The van der Waals surface area contributed by atoms with Gasteiger partial charge >= 0.3 is 0 Å². The molecular weight excluding hydrogens is 364 g/mol. The molecule has 0 amide bonds. The van der Waals surface area contributed by atoms with E-state index in [-0.39, 0.29) is 12.4 Å². The number of nitrogens with one attached hydrogen (secondary N) is 1. The summed E-state index contributed by atoms with van der Waals surface area (Å²) < 4.78 is 16.2. The van der Waals surface area contributed by atoms with Crippen molar-refractivity contribution in [3.8, 4) is 11.5 Å². The van der Waals surface area contributed by atoms with Gasteiger partial charge in [0.05, 0.1) is 27.4 Å². The summed E-state index contributed by atoms with van der Waals surface area (Å²) in [4.78, 5) is 2.65. The van der Waals surface area contributed by atoms with E-state index in [0.717, 1.165) is 57.2 Å². The number of aryl methyl sites for hydroxylation is 1. The Morgan fingerprint density at radius 2 is 1.81 bits per heavy atom. The van der Waals surface area contributed by atoms with Crippen LogP contribution in [-0.2, 0) is 11.2 Å². The van der Waals surface area contributed by atoms with E-state index < -0.39 is 0 Å². The average molecular weight is 399 g/mol. The molecule has 1 aliphatic heterocycles. The molecule has 5 nitrogen and oxygen atoms in total. The van der Waals surface area contributed by atoms with Crippen LogP contribution in [-0.4, -0.2) is 64.1 Å². The first-order chi connectivity index (χ1) is 12.8. The highest BCUT2D eigenvalue weighted by atomic mass is 35.5. The van der Waals surface area contributed by atoms with Crippen molar-refractivity contribution < 1.29 is 14.2 Å². The predicted octanol–water partition coefficient (Wildman–Crippen LogP) is 3.29. The van der Waals surface area contributed by atoms with E-state index in [1.165, 1.54) is 31.2 Å². The Balaban J connectivity index is 0.00000261. The van der Waals surface area contributed by atoms with Crippen molar-refractivity contribution >= 4 is 12.4 Å². The summed E-state index contributed by atoms with van der Waals surface area (Å²) in [6, 6.07) is 7.55. The largest absolute Gasteiger partial charge is 0.493 e. The van der Waals surface area contributed by atoms with Gasteiger partial charge in [-0.25, -0.2) is 0 Å². The van der Waals surface area contributed by atoms with E-state index in [1.807, 2.05) is 6.07 Å². The zero-order valence-corrected chi connectivity index (χ0v) is 17.6. The quantitative estimate of drug-likeness (QED) is 0.680. The van der Waals surface area contributed by atoms with Crippen molar-refractivity contribution in [2.75, 3.05) is 47.1 Å². The lowest BCUT2D eigenvalue weighted by Crippen LogP contribution is -2.55. The Kier molecular flexibility index (Phi) is 9.69. The van der Waals surface area contributed by atoms with Gasteiger partial charge in [-0.1, -0.05) is 18.9 Å². The first kappa shape index (κ1) is 22.3. The van der Waals surface area contributed by atoms with Gasteiger partial charge in [0.1, 0.15) is 0 Å². The van der Waals surface area contributed by atoms with E-state index in [9.17, 15) is 0 Å². The van der Waals surface area contributed by atoms with Crippen LogP contribution >= 0.6 is 12.4 Å². The fraction of sp³-hybridized carbons (Fsp3) is 0.714. The predicted molar refractivity (Wildman–Crippen MR) is 112 cm³/mol. The Morgan fingerprint density at radius 3 is 2.56 bits per heavy atom. The molecule has 1 aromatic carbocycles. The number of hydrogen-bond donors (Lipinski definition) is 1. The topological polar surface area (TPSA) is 43.0 Å². The average Bonchev–Trinajstić information content (AvgIpc) is 2.72. The fourth-order valence-electron chi connectivity index (χ4n) is 4.31. The lowest BCUT2D eigenvalue weighted by molar-refractivity contribution is -0.000241. The lowest BCUT2D eigenvalue weighted by Gasteiger charge is -2.42. The van der Waals surface area contributed by atoms with Crippen LogP contribution in [0, 0.1) is 0 Å². The molecule has 1 aliphatic carbocycles. The number of methoxy groups -OCH3 is 2. The number of nitrogens with zero attached hydrogens (tertiary/aromatic N) is 1. The molecule has 0 radical (unpaired) electrons. The zero-order valence-electron chi connectivity index (χ0n) is 16.7. The maximum Gasteiger partial charge on any atom is 0.160 e. The highest BCUT2D eigenvalue weighted by Crippen LogP contribution is 2.28. The summed E-state index contributed by atoms with van der Waals surface area (Å²) >= 11 is 0. The minimum absolute atomic E-state index is 0. The van der Waals surface area contributed by atoms with Gasteiger partial charge in [-0.05, 0) is 49.9 Å².